The standard InChI is InChI=1S/C17H28N2O2/c1-3-19(14-8-5-4-7-13(14)11-18)12(2)17-15(20)9-6-10-16(17)21/h6,9-10,12-14,20-21H,3-5,7-8,11,18H2,1-2H3. The molecule has 0 bridgehead atoms. The van der Waals surface area contributed by atoms with E-state index in [1.165, 1.54) is 19.3 Å². The van der Waals surface area contributed by atoms with Crippen molar-refractivity contribution in [2.45, 2.75) is 51.6 Å². The van der Waals surface area contributed by atoms with Crippen molar-refractivity contribution in [3.05, 3.63) is 23.8 Å². The van der Waals surface area contributed by atoms with Gasteiger partial charge >= 0.3 is 0 Å². The smallest absolute Gasteiger partial charge is 0.124 e. The van der Waals surface area contributed by atoms with Crippen molar-refractivity contribution >= 4 is 0 Å². The first-order chi connectivity index (χ1) is 10.1. The van der Waals surface area contributed by atoms with E-state index >= 15 is 0 Å². The molecular formula is C17H28N2O2. The van der Waals surface area contributed by atoms with Crippen molar-refractivity contribution in [2.75, 3.05) is 13.1 Å². The first kappa shape index (κ1) is 16.1. The van der Waals surface area contributed by atoms with Crippen LogP contribution in [0, 0.1) is 5.92 Å². The maximum atomic E-state index is 10.1. The highest BCUT2D eigenvalue weighted by Gasteiger charge is 2.33. The van der Waals surface area contributed by atoms with Gasteiger partial charge in [0.15, 0.2) is 0 Å². The van der Waals surface area contributed by atoms with E-state index in [9.17, 15) is 10.2 Å². The fourth-order valence-electron chi connectivity index (χ4n) is 3.83. The Labute approximate surface area is 127 Å². The molecule has 1 aromatic rings. The molecule has 0 spiro atoms. The van der Waals surface area contributed by atoms with Gasteiger partial charge in [-0.1, -0.05) is 25.8 Å². The topological polar surface area (TPSA) is 69.7 Å². The Hall–Kier alpha value is -1.26. The second-order valence-electron chi connectivity index (χ2n) is 6.06. The molecule has 21 heavy (non-hydrogen) atoms. The molecule has 1 aromatic carbocycles. The van der Waals surface area contributed by atoms with Crippen LogP contribution < -0.4 is 5.73 Å². The molecule has 0 saturated heterocycles. The van der Waals surface area contributed by atoms with Crippen molar-refractivity contribution in [3.8, 4) is 11.5 Å². The van der Waals surface area contributed by atoms with Crippen LogP contribution in [0.5, 0.6) is 11.5 Å². The van der Waals surface area contributed by atoms with Crippen molar-refractivity contribution in [3.63, 3.8) is 0 Å². The van der Waals surface area contributed by atoms with E-state index in [-0.39, 0.29) is 17.5 Å². The summed E-state index contributed by atoms with van der Waals surface area (Å²) < 4.78 is 0. The molecule has 1 aliphatic carbocycles. The highest BCUT2D eigenvalue weighted by atomic mass is 16.3. The average molecular weight is 292 g/mol. The Balaban J connectivity index is 2.27. The van der Waals surface area contributed by atoms with Crippen molar-refractivity contribution in [1.29, 1.82) is 0 Å². The Morgan fingerprint density at radius 2 is 1.86 bits per heavy atom. The van der Waals surface area contributed by atoms with Crippen LogP contribution in [0.1, 0.15) is 51.1 Å². The van der Waals surface area contributed by atoms with Crippen molar-refractivity contribution < 1.29 is 10.2 Å². The molecule has 1 aliphatic rings. The maximum absolute atomic E-state index is 10.1. The Morgan fingerprint density at radius 3 is 2.43 bits per heavy atom. The summed E-state index contributed by atoms with van der Waals surface area (Å²) in [6.07, 6.45) is 4.81. The number of aromatic hydroxyl groups is 2. The molecule has 1 saturated carbocycles. The SMILES string of the molecule is CCN(C(C)c1c(O)cccc1O)C1CCCCC1CN. The van der Waals surface area contributed by atoms with E-state index < -0.39 is 0 Å². The zero-order chi connectivity index (χ0) is 15.4. The average Bonchev–Trinajstić information content (AvgIpc) is 2.48. The van der Waals surface area contributed by atoms with Crippen LogP contribution in [0.15, 0.2) is 18.2 Å². The molecule has 1 fully saturated rings. The molecule has 0 aliphatic heterocycles. The molecule has 118 valence electrons. The molecule has 0 amide bonds. The molecule has 3 atom stereocenters. The van der Waals surface area contributed by atoms with Crippen molar-refractivity contribution in [2.24, 2.45) is 11.7 Å². The zero-order valence-corrected chi connectivity index (χ0v) is 13.1. The number of hydrogen-bond acceptors (Lipinski definition) is 4. The molecule has 3 unspecified atom stereocenters. The minimum atomic E-state index is -0.0200. The molecular weight excluding hydrogens is 264 g/mol. The van der Waals surface area contributed by atoms with Gasteiger partial charge in [-0.2, -0.15) is 0 Å². The van der Waals surface area contributed by atoms with E-state index in [0.29, 0.717) is 24.1 Å². The van der Waals surface area contributed by atoms with Crippen molar-refractivity contribution in [1.82, 2.24) is 4.90 Å². The molecule has 0 radical (unpaired) electrons. The van der Waals surface area contributed by atoms with Gasteiger partial charge in [-0.05, 0) is 50.9 Å². The monoisotopic (exact) mass is 292 g/mol. The summed E-state index contributed by atoms with van der Waals surface area (Å²) in [7, 11) is 0. The van der Waals surface area contributed by atoms with E-state index in [4.69, 9.17) is 5.73 Å². The first-order valence-corrected chi connectivity index (χ1v) is 8.06. The summed E-state index contributed by atoms with van der Waals surface area (Å²) in [5.74, 6) is 0.844. The highest BCUT2D eigenvalue weighted by molar-refractivity contribution is 5.45. The number of nitrogens with two attached hydrogens (primary N) is 1. The highest BCUT2D eigenvalue weighted by Crippen LogP contribution is 2.39. The number of phenols is 2. The lowest BCUT2D eigenvalue weighted by Gasteiger charge is -2.42. The number of rotatable bonds is 5. The van der Waals surface area contributed by atoms with Crippen LogP contribution in [0.3, 0.4) is 0 Å². The van der Waals surface area contributed by atoms with Crippen LogP contribution in [0.2, 0.25) is 0 Å². The minimum absolute atomic E-state index is 0.0200. The third-order valence-electron chi connectivity index (χ3n) is 4.94. The molecule has 0 aromatic heterocycles. The Morgan fingerprint density at radius 1 is 1.24 bits per heavy atom. The summed E-state index contributed by atoms with van der Waals surface area (Å²) in [6.45, 7) is 5.78. The fraction of sp³-hybridized carbons (Fsp3) is 0.647. The van der Waals surface area contributed by atoms with Gasteiger partial charge < -0.3 is 15.9 Å². The van der Waals surface area contributed by atoms with Crippen LogP contribution in [0.25, 0.3) is 0 Å². The molecule has 0 heterocycles. The summed E-state index contributed by atoms with van der Waals surface area (Å²) >= 11 is 0. The molecule has 4 heteroatoms. The second kappa shape index (κ2) is 7.14. The number of nitrogens with zero attached hydrogens (tertiary/aromatic N) is 1. The lowest BCUT2D eigenvalue weighted by atomic mass is 9.82. The molecule has 4 nitrogen and oxygen atoms in total. The van der Waals surface area contributed by atoms with Gasteiger partial charge in [0.2, 0.25) is 0 Å². The number of hydrogen-bond donors (Lipinski definition) is 3. The summed E-state index contributed by atoms with van der Waals surface area (Å²) in [4.78, 5) is 2.38. The van der Waals surface area contributed by atoms with Gasteiger partial charge in [0.25, 0.3) is 0 Å². The predicted molar refractivity (Wildman–Crippen MR) is 85.4 cm³/mol. The first-order valence-electron chi connectivity index (χ1n) is 8.06. The maximum Gasteiger partial charge on any atom is 0.124 e. The van der Waals surface area contributed by atoms with E-state index in [1.807, 2.05) is 0 Å². The van der Waals surface area contributed by atoms with Crippen LogP contribution >= 0.6 is 0 Å². The van der Waals surface area contributed by atoms with Gasteiger partial charge in [-0.15, -0.1) is 0 Å². The predicted octanol–water partition coefficient (Wildman–Crippen LogP) is 3.00. The number of benzene rings is 1. The lowest BCUT2D eigenvalue weighted by molar-refractivity contribution is 0.0749. The van der Waals surface area contributed by atoms with E-state index in [2.05, 4.69) is 18.7 Å². The summed E-state index contributed by atoms with van der Waals surface area (Å²) in [5.41, 5.74) is 6.58. The van der Waals surface area contributed by atoms with Crippen LogP contribution in [-0.2, 0) is 0 Å². The lowest BCUT2D eigenvalue weighted by Crippen LogP contribution is -2.46. The zero-order valence-electron chi connectivity index (χ0n) is 13.1. The Kier molecular flexibility index (Phi) is 5.48. The van der Waals surface area contributed by atoms with Crippen LogP contribution in [0.4, 0.5) is 0 Å². The summed E-state index contributed by atoms with van der Waals surface area (Å²) in [5, 5.41) is 20.2. The van der Waals surface area contributed by atoms with Gasteiger partial charge in [0.1, 0.15) is 11.5 Å². The minimum Gasteiger partial charge on any atom is -0.507 e. The number of phenolic OH excluding ortho intramolecular Hbond substituents is 2. The second-order valence-corrected chi connectivity index (χ2v) is 6.06. The third kappa shape index (κ3) is 3.33. The third-order valence-corrected chi connectivity index (χ3v) is 4.94. The van der Waals surface area contributed by atoms with E-state index in [0.717, 1.165) is 13.0 Å². The van der Waals surface area contributed by atoms with Gasteiger partial charge in [-0.25, -0.2) is 0 Å². The van der Waals surface area contributed by atoms with Gasteiger partial charge in [0.05, 0.1) is 5.56 Å². The van der Waals surface area contributed by atoms with Gasteiger partial charge in [0, 0.05) is 12.1 Å². The largest absolute Gasteiger partial charge is 0.507 e. The Bertz CT molecular complexity index is 444. The molecule has 4 N–H and O–H groups in total. The normalized spacial score (nSPS) is 24.2. The van der Waals surface area contributed by atoms with Crippen LogP contribution in [-0.4, -0.2) is 34.2 Å². The molecule has 2 rings (SSSR count). The van der Waals surface area contributed by atoms with E-state index in [1.54, 1.807) is 18.2 Å². The van der Waals surface area contributed by atoms with Gasteiger partial charge in [-0.3, -0.25) is 4.90 Å². The quantitative estimate of drug-likeness (QED) is 0.780. The summed E-state index contributed by atoms with van der Waals surface area (Å²) in [6, 6.07) is 5.36. The fourth-order valence-corrected chi connectivity index (χ4v) is 3.83.